The summed E-state index contributed by atoms with van der Waals surface area (Å²) < 4.78 is 25.0. The van der Waals surface area contributed by atoms with Gasteiger partial charge in [-0.2, -0.15) is 4.98 Å². The van der Waals surface area contributed by atoms with E-state index in [0.29, 0.717) is 28.3 Å². The van der Waals surface area contributed by atoms with Crippen LogP contribution in [0.15, 0.2) is 46.6 Å². The second-order valence-corrected chi connectivity index (χ2v) is 9.39. The number of allylic oxidation sites excluding steroid dienone is 1. The van der Waals surface area contributed by atoms with Gasteiger partial charge in [-0.1, -0.05) is 37.2 Å². The summed E-state index contributed by atoms with van der Waals surface area (Å²) in [5.74, 6) is 0.752. The molecule has 0 bridgehead atoms. The fourth-order valence-electron chi connectivity index (χ4n) is 4.09. The van der Waals surface area contributed by atoms with Crippen LogP contribution in [0.4, 0.5) is 4.39 Å². The van der Waals surface area contributed by atoms with Crippen LogP contribution in [0.3, 0.4) is 0 Å². The Morgan fingerprint density at radius 1 is 1.15 bits per heavy atom. The molecule has 0 aliphatic carbocycles. The van der Waals surface area contributed by atoms with Crippen LogP contribution in [0.2, 0.25) is 0 Å². The predicted molar refractivity (Wildman–Crippen MR) is 135 cm³/mol. The summed E-state index contributed by atoms with van der Waals surface area (Å²) in [6, 6.07) is 10.7. The van der Waals surface area contributed by atoms with Gasteiger partial charge in [-0.05, 0) is 73.8 Å². The van der Waals surface area contributed by atoms with E-state index in [1.165, 1.54) is 24.3 Å². The average Bonchev–Trinajstić information content (AvgIpc) is 3.27. The van der Waals surface area contributed by atoms with Gasteiger partial charge < -0.3 is 19.5 Å². The lowest BCUT2D eigenvalue weighted by Gasteiger charge is -2.38. The standard InChI is InChI=1S/C26H29FN4O2S/c1-14(2)13-31-17(5)22(23(28-26(31)34)18-8-7-15(3)16(4)11-18)25-29-24(30-33-25)19-9-10-21(32-6)20(27)12-19/h7-12,14,23H,13H2,1-6H3,(H,28,34). The Morgan fingerprint density at radius 3 is 2.56 bits per heavy atom. The van der Waals surface area contributed by atoms with Crippen LogP contribution >= 0.6 is 12.2 Å². The second kappa shape index (κ2) is 9.54. The lowest BCUT2D eigenvalue weighted by atomic mass is 9.92. The highest BCUT2D eigenvalue weighted by Crippen LogP contribution is 2.38. The summed E-state index contributed by atoms with van der Waals surface area (Å²) in [5.41, 5.74) is 5.77. The summed E-state index contributed by atoms with van der Waals surface area (Å²) in [7, 11) is 1.43. The third-order valence-corrected chi connectivity index (χ3v) is 6.41. The van der Waals surface area contributed by atoms with E-state index in [4.69, 9.17) is 21.5 Å². The Kier molecular flexibility index (Phi) is 6.70. The van der Waals surface area contributed by atoms with Gasteiger partial charge in [0.05, 0.1) is 18.7 Å². The summed E-state index contributed by atoms with van der Waals surface area (Å²) in [6.07, 6.45) is 0. The van der Waals surface area contributed by atoms with E-state index in [1.807, 2.05) is 6.92 Å². The number of aryl methyl sites for hydroxylation is 2. The maximum atomic E-state index is 14.3. The first-order chi connectivity index (χ1) is 16.2. The van der Waals surface area contributed by atoms with E-state index in [9.17, 15) is 4.39 Å². The lowest BCUT2D eigenvalue weighted by Crippen LogP contribution is -2.47. The molecule has 3 aromatic rings. The van der Waals surface area contributed by atoms with E-state index in [-0.39, 0.29) is 11.8 Å². The predicted octanol–water partition coefficient (Wildman–Crippen LogP) is 5.82. The van der Waals surface area contributed by atoms with Crippen molar-refractivity contribution in [2.75, 3.05) is 13.7 Å². The van der Waals surface area contributed by atoms with Gasteiger partial charge in [0.15, 0.2) is 16.7 Å². The second-order valence-electron chi connectivity index (χ2n) is 9.00. The third kappa shape index (κ3) is 4.55. The molecule has 0 amide bonds. The van der Waals surface area contributed by atoms with Crippen molar-refractivity contribution >= 4 is 22.9 Å². The molecule has 1 N–H and O–H groups in total. The highest BCUT2D eigenvalue weighted by atomic mass is 32.1. The average molecular weight is 481 g/mol. The van der Waals surface area contributed by atoms with Crippen LogP contribution in [-0.2, 0) is 0 Å². The number of nitrogens with one attached hydrogen (secondary N) is 1. The molecular weight excluding hydrogens is 451 g/mol. The summed E-state index contributed by atoms with van der Waals surface area (Å²) in [5, 5.41) is 8.29. The van der Waals surface area contributed by atoms with E-state index >= 15 is 0 Å². The first kappa shape index (κ1) is 23.9. The van der Waals surface area contributed by atoms with Crippen molar-refractivity contribution < 1.29 is 13.7 Å². The molecule has 0 saturated heterocycles. The van der Waals surface area contributed by atoms with Crippen LogP contribution in [0.1, 0.15) is 49.4 Å². The summed E-state index contributed by atoms with van der Waals surface area (Å²) in [6.45, 7) is 11.2. The smallest absolute Gasteiger partial charge is 0.258 e. The number of halogens is 1. The Balaban J connectivity index is 1.82. The first-order valence-electron chi connectivity index (χ1n) is 11.2. The zero-order chi connectivity index (χ0) is 24.6. The minimum absolute atomic E-state index is 0.162. The van der Waals surface area contributed by atoms with Crippen LogP contribution in [0.25, 0.3) is 17.0 Å². The normalized spacial score (nSPS) is 16.3. The molecule has 0 radical (unpaired) electrons. The fourth-order valence-corrected chi connectivity index (χ4v) is 4.42. The van der Waals surface area contributed by atoms with E-state index in [2.05, 4.69) is 66.3 Å². The monoisotopic (exact) mass is 480 g/mol. The highest BCUT2D eigenvalue weighted by Gasteiger charge is 2.34. The van der Waals surface area contributed by atoms with Crippen molar-refractivity contribution in [2.45, 2.75) is 40.7 Å². The number of methoxy groups -OCH3 is 1. The topological polar surface area (TPSA) is 63.4 Å². The minimum Gasteiger partial charge on any atom is -0.494 e. The molecule has 178 valence electrons. The van der Waals surface area contributed by atoms with Gasteiger partial charge in [0, 0.05) is 17.8 Å². The van der Waals surface area contributed by atoms with Crippen LogP contribution in [0, 0.1) is 25.6 Å². The van der Waals surface area contributed by atoms with Gasteiger partial charge in [0.25, 0.3) is 5.89 Å². The van der Waals surface area contributed by atoms with E-state index < -0.39 is 5.82 Å². The third-order valence-electron chi connectivity index (χ3n) is 6.07. The van der Waals surface area contributed by atoms with Crippen LogP contribution in [-0.4, -0.2) is 33.8 Å². The number of benzene rings is 2. The number of nitrogens with zero attached hydrogens (tertiary/aromatic N) is 3. The Morgan fingerprint density at radius 2 is 1.91 bits per heavy atom. The number of aromatic nitrogens is 2. The molecule has 6 nitrogen and oxygen atoms in total. The number of rotatable bonds is 6. The molecule has 1 aliphatic heterocycles. The molecule has 1 aliphatic rings. The van der Waals surface area contributed by atoms with Crippen molar-refractivity contribution in [1.29, 1.82) is 0 Å². The number of hydrogen-bond acceptors (Lipinski definition) is 5. The highest BCUT2D eigenvalue weighted by molar-refractivity contribution is 7.80. The molecule has 0 spiro atoms. The lowest BCUT2D eigenvalue weighted by molar-refractivity contribution is 0.385. The van der Waals surface area contributed by atoms with Gasteiger partial charge >= 0.3 is 0 Å². The van der Waals surface area contributed by atoms with Crippen molar-refractivity contribution in [3.05, 3.63) is 70.5 Å². The van der Waals surface area contributed by atoms with Crippen molar-refractivity contribution in [2.24, 2.45) is 5.92 Å². The van der Waals surface area contributed by atoms with E-state index in [0.717, 1.165) is 23.4 Å². The maximum absolute atomic E-state index is 14.3. The van der Waals surface area contributed by atoms with Gasteiger partial charge in [0.2, 0.25) is 5.82 Å². The molecule has 2 aromatic carbocycles. The number of ether oxygens (including phenoxy) is 1. The van der Waals surface area contributed by atoms with Gasteiger partial charge in [-0.3, -0.25) is 0 Å². The first-order valence-corrected chi connectivity index (χ1v) is 11.6. The molecule has 1 aromatic heterocycles. The molecule has 1 atom stereocenters. The zero-order valence-corrected chi connectivity index (χ0v) is 21.1. The molecular formula is C26H29FN4O2S. The van der Waals surface area contributed by atoms with Crippen molar-refractivity contribution in [3.63, 3.8) is 0 Å². The molecule has 4 rings (SSSR count). The minimum atomic E-state index is -0.484. The van der Waals surface area contributed by atoms with Crippen LogP contribution in [0.5, 0.6) is 5.75 Å². The fraction of sp³-hybridized carbons (Fsp3) is 0.346. The Bertz CT molecular complexity index is 1270. The van der Waals surface area contributed by atoms with Crippen molar-refractivity contribution in [3.8, 4) is 17.1 Å². The molecule has 0 saturated carbocycles. The van der Waals surface area contributed by atoms with E-state index in [1.54, 1.807) is 12.1 Å². The molecule has 1 unspecified atom stereocenters. The number of hydrogen-bond donors (Lipinski definition) is 1. The zero-order valence-electron chi connectivity index (χ0n) is 20.3. The van der Waals surface area contributed by atoms with Gasteiger partial charge in [0.1, 0.15) is 0 Å². The van der Waals surface area contributed by atoms with Gasteiger partial charge in [-0.25, -0.2) is 4.39 Å². The maximum Gasteiger partial charge on any atom is 0.258 e. The largest absolute Gasteiger partial charge is 0.494 e. The molecule has 8 heteroatoms. The van der Waals surface area contributed by atoms with Crippen molar-refractivity contribution in [1.82, 2.24) is 20.4 Å². The van der Waals surface area contributed by atoms with Gasteiger partial charge in [-0.15, -0.1) is 0 Å². The van der Waals surface area contributed by atoms with Crippen LogP contribution < -0.4 is 10.1 Å². The summed E-state index contributed by atoms with van der Waals surface area (Å²) >= 11 is 5.74. The SMILES string of the molecule is COc1ccc(-c2noc(C3=C(C)N(CC(C)C)C(=S)NC3c3ccc(C)c(C)c3)n2)cc1F. The summed E-state index contributed by atoms with van der Waals surface area (Å²) in [4.78, 5) is 6.73. The Hall–Kier alpha value is -3.26. The number of thiocarbonyl (C=S) groups is 1. The molecule has 2 heterocycles. The quantitative estimate of drug-likeness (QED) is 0.446. The molecule has 34 heavy (non-hydrogen) atoms. The Labute approximate surface area is 204 Å². The molecule has 0 fully saturated rings.